The van der Waals surface area contributed by atoms with Crippen molar-refractivity contribution in [2.45, 2.75) is 20.8 Å². The van der Waals surface area contributed by atoms with E-state index >= 15 is 0 Å². The van der Waals surface area contributed by atoms with Crippen molar-refractivity contribution < 1.29 is 0 Å². The first-order valence-electron chi connectivity index (χ1n) is 10.9. The maximum Gasteiger partial charge on any atom is 0.0857 e. The molecule has 1 aromatic heterocycles. The molecule has 0 atom stereocenters. The van der Waals surface area contributed by atoms with Crippen molar-refractivity contribution in [2.75, 3.05) is 0 Å². The standard InChI is InChI=1S/C30H24BrN/c1-19-16-20(2)24-14-15-25(28(24)21(3)17-19)26-18-27(22-10-6-4-7-11-22)32-30(29(26)31)23-12-8-5-9-13-23/h4-18H,1-3H3. The van der Waals surface area contributed by atoms with E-state index in [2.05, 4.69) is 116 Å². The zero-order chi connectivity index (χ0) is 22.2. The molecule has 1 heterocycles. The lowest BCUT2D eigenvalue weighted by atomic mass is 9.95. The number of nitrogens with zero attached hydrogens (tertiary/aromatic N) is 1. The molecule has 5 rings (SSSR count). The summed E-state index contributed by atoms with van der Waals surface area (Å²) >= 11 is 3.94. The zero-order valence-electron chi connectivity index (χ0n) is 18.5. The topological polar surface area (TPSA) is 12.9 Å². The summed E-state index contributed by atoms with van der Waals surface area (Å²) in [5.74, 6) is 0. The maximum absolute atomic E-state index is 5.08. The summed E-state index contributed by atoms with van der Waals surface area (Å²) in [7, 11) is 0. The minimum atomic E-state index is 0.960. The number of aromatic nitrogens is 1. The average Bonchev–Trinajstić information content (AvgIpc) is 3.21. The van der Waals surface area contributed by atoms with E-state index in [1.807, 2.05) is 12.1 Å². The van der Waals surface area contributed by atoms with Gasteiger partial charge in [0.2, 0.25) is 0 Å². The third kappa shape index (κ3) is 3.65. The third-order valence-electron chi connectivity index (χ3n) is 6.03. The predicted molar refractivity (Wildman–Crippen MR) is 139 cm³/mol. The smallest absolute Gasteiger partial charge is 0.0857 e. The molecule has 0 amide bonds. The van der Waals surface area contributed by atoms with Gasteiger partial charge in [-0.15, -0.1) is 0 Å². The molecule has 0 saturated carbocycles. The SMILES string of the molecule is Cc1cc(C)c2ccc(-c3cc(-c4ccccc4)nc(-c4ccccc4)c3Br)c-2c(C)c1. The fourth-order valence-electron chi connectivity index (χ4n) is 4.60. The molecule has 0 bridgehead atoms. The number of halogens is 1. The van der Waals surface area contributed by atoms with Gasteiger partial charge in [-0.1, -0.05) is 90.5 Å². The van der Waals surface area contributed by atoms with Crippen molar-refractivity contribution in [3.8, 4) is 44.8 Å². The monoisotopic (exact) mass is 477 g/mol. The largest absolute Gasteiger partial charge is 0.247 e. The molecule has 2 heteroatoms. The Morgan fingerprint density at radius 2 is 1.19 bits per heavy atom. The average molecular weight is 478 g/mol. The van der Waals surface area contributed by atoms with Crippen molar-refractivity contribution in [3.05, 3.63) is 112 Å². The van der Waals surface area contributed by atoms with Gasteiger partial charge >= 0.3 is 0 Å². The first-order chi connectivity index (χ1) is 15.5. The first-order valence-corrected chi connectivity index (χ1v) is 11.6. The lowest BCUT2D eigenvalue weighted by molar-refractivity contribution is 1.31. The Kier molecular flexibility index (Phi) is 5.40. The molecular formula is C30H24BrN. The van der Waals surface area contributed by atoms with Crippen molar-refractivity contribution in [3.63, 3.8) is 0 Å². The molecule has 2 aromatic carbocycles. The van der Waals surface area contributed by atoms with Gasteiger partial charge in [0, 0.05) is 16.7 Å². The summed E-state index contributed by atoms with van der Waals surface area (Å²) in [4.78, 5) is 5.08. The number of rotatable bonds is 3. The molecule has 2 aliphatic rings. The van der Waals surface area contributed by atoms with Crippen LogP contribution in [0, 0.1) is 20.8 Å². The highest BCUT2D eigenvalue weighted by molar-refractivity contribution is 9.10. The van der Waals surface area contributed by atoms with Crippen LogP contribution >= 0.6 is 15.9 Å². The van der Waals surface area contributed by atoms with Gasteiger partial charge in [-0.05, 0) is 70.6 Å². The molecule has 1 nitrogen and oxygen atoms in total. The molecule has 32 heavy (non-hydrogen) atoms. The van der Waals surface area contributed by atoms with Crippen LogP contribution < -0.4 is 0 Å². The second-order valence-corrected chi connectivity index (χ2v) is 9.18. The number of fused-ring (bicyclic) bond motifs is 1. The van der Waals surface area contributed by atoms with E-state index < -0.39 is 0 Å². The third-order valence-corrected chi connectivity index (χ3v) is 6.83. The minimum absolute atomic E-state index is 0.960. The van der Waals surface area contributed by atoms with Gasteiger partial charge in [0.05, 0.1) is 15.9 Å². The summed E-state index contributed by atoms with van der Waals surface area (Å²) in [6, 6.07) is 32.1. The van der Waals surface area contributed by atoms with Crippen LogP contribution in [-0.2, 0) is 0 Å². The lowest BCUT2D eigenvalue weighted by Crippen LogP contribution is -1.94. The summed E-state index contributed by atoms with van der Waals surface area (Å²) in [5, 5.41) is 0. The number of benzene rings is 2. The molecule has 0 saturated heterocycles. The van der Waals surface area contributed by atoms with Crippen LogP contribution in [0.4, 0.5) is 0 Å². The van der Waals surface area contributed by atoms with Crippen LogP contribution in [0.3, 0.4) is 0 Å². The van der Waals surface area contributed by atoms with Crippen LogP contribution in [0.5, 0.6) is 0 Å². The van der Waals surface area contributed by atoms with E-state index in [9.17, 15) is 0 Å². The van der Waals surface area contributed by atoms with Crippen molar-refractivity contribution in [1.82, 2.24) is 4.98 Å². The Labute approximate surface area is 198 Å². The van der Waals surface area contributed by atoms with Crippen LogP contribution in [0.25, 0.3) is 44.8 Å². The highest BCUT2D eigenvalue weighted by atomic mass is 79.9. The van der Waals surface area contributed by atoms with E-state index in [4.69, 9.17) is 4.98 Å². The van der Waals surface area contributed by atoms with E-state index in [0.717, 1.165) is 27.0 Å². The Bertz CT molecular complexity index is 1390. The minimum Gasteiger partial charge on any atom is -0.247 e. The molecule has 0 fully saturated rings. The highest BCUT2D eigenvalue weighted by Crippen LogP contribution is 2.45. The van der Waals surface area contributed by atoms with Gasteiger partial charge in [-0.25, -0.2) is 4.98 Å². The molecule has 0 aliphatic heterocycles. The quantitative estimate of drug-likeness (QED) is 0.252. The number of hydrogen-bond acceptors (Lipinski definition) is 1. The molecule has 0 unspecified atom stereocenters. The number of aryl methyl sites for hydroxylation is 3. The number of pyridine rings is 1. The second kappa shape index (κ2) is 8.37. The van der Waals surface area contributed by atoms with Crippen LogP contribution in [-0.4, -0.2) is 4.98 Å². The summed E-state index contributed by atoms with van der Waals surface area (Å²) in [6.07, 6.45) is 0. The van der Waals surface area contributed by atoms with Crippen molar-refractivity contribution in [2.24, 2.45) is 0 Å². The summed E-state index contributed by atoms with van der Waals surface area (Å²) in [6.45, 7) is 6.58. The van der Waals surface area contributed by atoms with E-state index in [-0.39, 0.29) is 0 Å². The molecule has 156 valence electrons. The summed E-state index contributed by atoms with van der Waals surface area (Å²) in [5.41, 5.74) is 13.0. The molecule has 0 spiro atoms. The highest BCUT2D eigenvalue weighted by Gasteiger charge is 2.21. The zero-order valence-corrected chi connectivity index (χ0v) is 20.1. The number of hydrogen-bond donors (Lipinski definition) is 0. The molecular weight excluding hydrogens is 454 g/mol. The Hall–Kier alpha value is -3.23. The molecule has 2 aliphatic carbocycles. The van der Waals surface area contributed by atoms with Gasteiger partial charge in [0.1, 0.15) is 0 Å². The molecule has 0 radical (unpaired) electrons. The van der Waals surface area contributed by atoms with E-state index in [1.54, 1.807) is 0 Å². The van der Waals surface area contributed by atoms with Gasteiger partial charge in [-0.3, -0.25) is 0 Å². The van der Waals surface area contributed by atoms with Gasteiger partial charge in [0.15, 0.2) is 0 Å². The fourth-order valence-corrected chi connectivity index (χ4v) is 5.25. The van der Waals surface area contributed by atoms with Crippen LogP contribution in [0.15, 0.2) is 95.5 Å². The summed E-state index contributed by atoms with van der Waals surface area (Å²) < 4.78 is 1.02. The second-order valence-electron chi connectivity index (χ2n) is 8.38. The normalized spacial score (nSPS) is 11.1. The van der Waals surface area contributed by atoms with Gasteiger partial charge in [0.25, 0.3) is 0 Å². The van der Waals surface area contributed by atoms with Crippen LogP contribution in [0.2, 0.25) is 0 Å². The Morgan fingerprint density at radius 3 is 1.88 bits per heavy atom. The predicted octanol–water partition coefficient (Wildman–Crippen LogP) is 8.88. The molecule has 0 N–H and O–H groups in total. The lowest BCUT2D eigenvalue weighted by Gasteiger charge is -2.15. The van der Waals surface area contributed by atoms with Gasteiger partial charge < -0.3 is 0 Å². The Balaban J connectivity index is 1.83. The Morgan fingerprint density at radius 1 is 0.594 bits per heavy atom. The van der Waals surface area contributed by atoms with Crippen molar-refractivity contribution in [1.29, 1.82) is 0 Å². The van der Waals surface area contributed by atoms with E-state index in [1.165, 1.54) is 38.9 Å². The maximum atomic E-state index is 5.08. The van der Waals surface area contributed by atoms with Crippen molar-refractivity contribution >= 4 is 15.9 Å². The van der Waals surface area contributed by atoms with E-state index in [0.29, 0.717) is 0 Å². The fraction of sp³-hybridized carbons (Fsp3) is 0.100. The first kappa shape index (κ1) is 20.7. The van der Waals surface area contributed by atoms with Crippen LogP contribution in [0.1, 0.15) is 16.7 Å². The molecule has 3 aromatic rings. The van der Waals surface area contributed by atoms with Gasteiger partial charge in [-0.2, -0.15) is 0 Å².